The fraction of sp³-hybridized carbons (Fsp3) is 0.538. The summed E-state index contributed by atoms with van der Waals surface area (Å²) in [6.07, 6.45) is 5.03. The summed E-state index contributed by atoms with van der Waals surface area (Å²) in [6.45, 7) is 4.44. The van der Waals surface area contributed by atoms with Crippen LogP contribution < -0.4 is 11.5 Å². The second-order valence-electron chi connectivity index (χ2n) is 4.29. The zero-order valence-corrected chi connectivity index (χ0v) is 9.79. The van der Waals surface area contributed by atoms with Crippen LogP contribution in [0.5, 0.6) is 0 Å². The highest BCUT2D eigenvalue weighted by molar-refractivity contribution is 5.56. The summed E-state index contributed by atoms with van der Waals surface area (Å²) in [5.41, 5.74) is 14.6. The molecule has 1 atom stereocenters. The molecule has 1 unspecified atom stereocenters. The maximum absolute atomic E-state index is 5.94. The quantitative estimate of drug-likeness (QED) is 0.572. The van der Waals surface area contributed by atoms with Crippen LogP contribution in [0.4, 0.5) is 11.4 Å². The fourth-order valence-corrected chi connectivity index (χ4v) is 1.88. The van der Waals surface area contributed by atoms with Crippen LogP contribution in [-0.4, -0.2) is 0 Å². The van der Waals surface area contributed by atoms with Gasteiger partial charge in [0.25, 0.3) is 0 Å². The van der Waals surface area contributed by atoms with Crippen molar-refractivity contribution in [1.29, 1.82) is 0 Å². The molecule has 84 valence electrons. The molecule has 0 aliphatic rings. The predicted octanol–water partition coefficient (Wildman–Crippen LogP) is 3.53. The molecule has 4 N–H and O–H groups in total. The Morgan fingerprint density at radius 3 is 2.60 bits per heavy atom. The number of benzene rings is 1. The molecule has 1 rings (SSSR count). The molecule has 0 aromatic heterocycles. The van der Waals surface area contributed by atoms with E-state index in [0.29, 0.717) is 5.92 Å². The van der Waals surface area contributed by atoms with E-state index in [2.05, 4.69) is 13.8 Å². The lowest BCUT2D eigenvalue weighted by Crippen LogP contribution is -2.01. The molecule has 0 aliphatic carbocycles. The van der Waals surface area contributed by atoms with Gasteiger partial charge in [0.1, 0.15) is 0 Å². The van der Waals surface area contributed by atoms with Gasteiger partial charge in [0, 0.05) is 11.4 Å². The van der Waals surface area contributed by atoms with E-state index in [9.17, 15) is 0 Å². The number of anilines is 2. The minimum atomic E-state index is 0.514. The number of unbranched alkanes of at least 4 members (excludes halogenated alkanes) is 2. The number of rotatable bonds is 5. The van der Waals surface area contributed by atoms with Gasteiger partial charge in [-0.05, 0) is 36.1 Å². The van der Waals surface area contributed by atoms with Crippen molar-refractivity contribution < 1.29 is 0 Å². The van der Waals surface area contributed by atoms with Crippen molar-refractivity contribution in [3.05, 3.63) is 23.8 Å². The number of hydrogen-bond donors (Lipinski definition) is 2. The molecule has 0 amide bonds. The first-order chi connectivity index (χ1) is 7.15. The second kappa shape index (κ2) is 5.64. The highest BCUT2D eigenvalue weighted by atomic mass is 14.6. The summed E-state index contributed by atoms with van der Waals surface area (Å²) in [6, 6.07) is 5.77. The Morgan fingerprint density at radius 2 is 1.93 bits per heavy atom. The topological polar surface area (TPSA) is 52.0 Å². The van der Waals surface area contributed by atoms with Gasteiger partial charge >= 0.3 is 0 Å². The minimum Gasteiger partial charge on any atom is -0.399 e. The predicted molar refractivity (Wildman–Crippen MR) is 67.8 cm³/mol. The van der Waals surface area contributed by atoms with Gasteiger partial charge in [0.15, 0.2) is 0 Å². The first-order valence-electron chi connectivity index (χ1n) is 5.80. The van der Waals surface area contributed by atoms with Gasteiger partial charge in [-0.3, -0.25) is 0 Å². The molecule has 15 heavy (non-hydrogen) atoms. The number of hydrogen-bond acceptors (Lipinski definition) is 2. The zero-order chi connectivity index (χ0) is 11.3. The molecule has 1 aromatic carbocycles. The maximum Gasteiger partial charge on any atom is 0.0350 e. The van der Waals surface area contributed by atoms with Gasteiger partial charge in [-0.15, -0.1) is 0 Å². The molecule has 0 spiro atoms. The van der Waals surface area contributed by atoms with Crippen LogP contribution in [0.1, 0.15) is 51.0 Å². The minimum absolute atomic E-state index is 0.514. The average Bonchev–Trinajstić information content (AvgIpc) is 2.22. The van der Waals surface area contributed by atoms with Crippen LogP contribution in [-0.2, 0) is 0 Å². The summed E-state index contributed by atoms with van der Waals surface area (Å²) in [4.78, 5) is 0. The molecule has 0 saturated carbocycles. The van der Waals surface area contributed by atoms with E-state index in [0.717, 1.165) is 11.4 Å². The normalized spacial score (nSPS) is 12.7. The van der Waals surface area contributed by atoms with E-state index in [1.165, 1.54) is 31.2 Å². The van der Waals surface area contributed by atoms with Gasteiger partial charge in [-0.25, -0.2) is 0 Å². The molecule has 2 nitrogen and oxygen atoms in total. The number of nitrogen functional groups attached to an aromatic ring is 2. The molecule has 2 heteroatoms. The lowest BCUT2D eigenvalue weighted by atomic mass is 9.93. The van der Waals surface area contributed by atoms with Crippen molar-refractivity contribution in [1.82, 2.24) is 0 Å². The third-order valence-electron chi connectivity index (χ3n) is 2.88. The van der Waals surface area contributed by atoms with Gasteiger partial charge in [0.05, 0.1) is 0 Å². The Kier molecular flexibility index (Phi) is 4.47. The zero-order valence-electron chi connectivity index (χ0n) is 9.79. The third-order valence-corrected chi connectivity index (χ3v) is 2.88. The van der Waals surface area contributed by atoms with Crippen LogP contribution in [0.2, 0.25) is 0 Å². The van der Waals surface area contributed by atoms with E-state index in [-0.39, 0.29) is 0 Å². The lowest BCUT2D eigenvalue weighted by Gasteiger charge is -2.14. The smallest absolute Gasteiger partial charge is 0.0350 e. The Balaban J connectivity index is 2.64. The van der Waals surface area contributed by atoms with Crippen molar-refractivity contribution in [2.45, 2.75) is 45.4 Å². The van der Waals surface area contributed by atoms with Crippen molar-refractivity contribution in [3.63, 3.8) is 0 Å². The summed E-state index contributed by atoms with van der Waals surface area (Å²) in [5, 5.41) is 0. The lowest BCUT2D eigenvalue weighted by molar-refractivity contribution is 0.599. The van der Waals surface area contributed by atoms with Gasteiger partial charge in [0.2, 0.25) is 0 Å². The first-order valence-corrected chi connectivity index (χ1v) is 5.80. The standard InChI is InChI=1S/C13H22N2/c1-3-4-5-6-10(2)12-9-11(14)7-8-13(12)15/h7-10H,3-6,14-15H2,1-2H3. The summed E-state index contributed by atoms with van der Waals surface area (Å²) in [5.74, 6) is 0.514. The summed E-state index contributed by atoms with van der Waals surface area (Å²) in [7, 11) is 0. The third kappa shape index (κ3) is 3.46. The van der Waals surface area contributed by atoms with Crippen LogP contribution in [0, 0.1) is 0 Å². The van der Waals surface area contributed by atoms with Crippen LogP contribution in [0.15, 0.2) is 18.2 Å². The van der Waals surface area contributed by atoms with E-state index < -0.39 is 0 Å². The van der Waals surface area contributed by atoms with Crippen LogP contribution in [0.25, 0.3) is 0 Å². The highest BCUT2D eigenvalue weighted by Crippen LogP contribution is 2.28. The molecule has 0 aliphatic heterocycles. The maximum atomic E-state index is 5.94. The summed E-state index contributed by atoms with van der Waals surface area (Å²) >= 11 is 0. The Bertz CT molecular complexity index is 307. The average molecular weight is 206 g/mol. The van der Waals surface area contributed by atoms with E-state index in [4.69, 9.17) is 11.5 Å². The van der Waals surface area contributed by atoms with Crippen LogP contribution >= 0.6 is 0 Å². The number of nitrogens with two attached hydrogens (primary N) is 2. The SMILES string of the molecule is CCCCCC(C)c1cc(N)ccc1N. The second-order valence-corrected chi connectivity index (χ2v) is 4.29. The molecule has 0 radical (unpaired) electrons. The van der Waals surface area contributed by atoms with E-state index in [1.807, 2.05) is 18.2 Å². The van der Waals surface area contributed by atoms with E-state index in [1.54, 1.807) is 0 Å². The van der Waals surface area contributed by atoms with Gasteiger partial charge in [-0.2, -0.15) is 0 Å². The Labute approximate surface area is 92.7 Å². The first kappa shape index (κ1) is 11.9. The van der Waals surface area contributed by atoms with Crippen molar-refractivity contribution in [3.8, 4) is 0 Å². The van der Waals surface area contributed by atoms with Crippen molar-refractivity contribution in [2.75, 3.05) is 11.5 Å². The molecule has 1 aromatic rings. The monoisotopic (exact) mass is 206 g/mol. The molecular weight excluding hydrogens is 184 g/mol. The summed E-state index contributed by atoms with van der Waals surface area (Å²) < 4.78 is 0. The van der Waals surface area contributed by atoms with Crippen molar-refractivity contribution in [2.24, 2.45) is 0 Å². The van der Waals surface area contributed by atoms with Crippen molar-refractivity contribution >= 4 is 11.4 Å². The van der Waals surface area contributed by atoms with Gasteiger partial charge in [-0.1, -0.05) is 33.1 Å². The highest BCUT2D eigenvalue weighted by Gasteiger charge is 2.08. The van der Waals surface area contributed by atoms with E-state index >= 15 is 0 Å². The molecule has 0 fully saturated rings. The molecular formula is C13H22N2. The van der Waals surface area contributed by atoms with Gasteiger partial charge < -0.3 is 11.5 Å². The fourth-order valence-electron chi connectivity index (χ4n) is 1.88. The Hall–Kier alpha value is -1.18. The molecule has 0 saturated heterocycles. The largest absolute Gasteiger partial charge is 0.399 e. The molecule has 0 bridgehead atoms. The Morgan fingerprint density at radius 1 is 1.20 bits per heavy atom. The molecule has 0 heterocycles. The van der Waals surface area contributed by atoms with Crippen LogP contribution in [0.3, 0.4) is 0 Å².